The molecule has 0 spiro atoms. The Kier molecular flexibility index (Phi) is 2.59. The number of carbonyl (C=O) groups is 1. The third kappa shape index (κ3) is 2.10. The van der Waals surface area contributed by atoms with Crippen molar-refractivity contribution in [1.82, 2.24) is 15.1 Å². The molecule has 82 valence electrons. The number of aromatic nitrogens is 2. The number of piperidine rings is 1. The van der Waals surface area contributed by atoms with Crippen LogP contribution in [0.4, 0.5) is 5.82 Å². The van der Waals surface area contributed by atoms with Crippen molar-refractivity contribution in [3.8, 4) is 0 Å². The van der Waals surface area contributed by atoms with Crippen molar-refractivity contribution in [2.24, 2.45) is 0 Å². The van der Waals surface area contributed by atoms with Crippen LogP contribution < -0.4 is 5.73 Å². The van der Waals surface area contributed by atoms with Crippen molar-refractivity contribution in [3.05, 3.63) is 11.8 Å². The second kappa shape index (κ2) is 3.90. The van der Waals surface area contributed by atoms with Crippen LogP contribution in [0.2, 0.25) is 0 Å². The van der Waals surface area contributed by atoms with Crippen LogP contribution in [-0.2, 0) is 0 Å². The first-order valence-electron chi connectivity index (χ1n) is 4.95. The Bertz CT molecular complexity index is 363. The molecule has 1 aromatic heterocycles. The largest absolute Gasteiger partial charge is 0.391 e. The van der Waals surface area contributed by atoms with E-state index >= 15 is 0 Å². The molecular weight excluding hydrogens is 196 g/mol. The van der Waals surface area contributed by atoms with Crippen molar-refractivity contribution in [2.45, 2.75) is 18.9 Å². The molecule has 0 bridgehead atoms. The maximum absolute atomic E-state index is 11.8. The molecule has 15 heavy (non-hydrogen) atoms. The molecule has 6 heteroatoms. The van der Waals surface area contributed by atoms with Crippen molar-refractivity contribution < 1.29 is 9.90 Å². The first kappa shape index (κ1) is 9.97. The van der Waals surface area contributed by atoms with E-state index in [1.54, 1.807) is 4.90 Å². The molecule has 1 saturated heterocycles. The molecule has 2 rings (SSSR count). The second-order valence-corrected chi connectivity index (χ2v) is 3.75. The first-order chi connectivity index (χ1) is 7.16. The number of aliphatic hydroxyl groups is 1. The van der Waals surface area contributed by atoms with E-state index in [1.165, 1.54) is 6.07 Å². The average Bonchev–Trinajstić information content (AvgIpc) is 2.64. The Labute approximate surface area is 87.1 Å². The minimum atomic E-state index is -0.414. The lowest BCUT2D eigenvalue weighted by Gasteiger charge is -2.29. The predicted octanol–water partition coefficient (Wildman–Crippen LogP) is -0.411. The van der Waals surface area contributed by atoms with Gasteiger partial charge in [0.05, 0.1) is 6.10 Å². The number of carbonyl (C=O) groups excluding carboxylic acids is 1. The molecule has 1 aromatic rings. The number of nitrogens with zero attached hydrogens (tertiary/aromatic N) is 2. The van der Waals surface area contributed by atoms with E-state index in [9.17, 15) is 9.90 Å². The van der Waals surface area contributed by atoms with Gasteiger partial charge in [0.25, 0.3) is 5.91 Å². The summed E-state index contributed by atoms with van der Waals surface area (Å²) in [6.45, 7) is 1.06. The number of rotatable bonds is 1. The Hall–Kier alpha value is -1.56. The molecule has 2 heterocycles. The Morgan fingerprint density at radius 1 is 1.73 bits per heavy atom. The first-order valence-corrected chi connectivity index (χ1v) is 4.95. The number of β-amino-alcohol motifs (C(OH)–C–C–N with tert-alkyl or cyclic N) is 1. The molecule has 0 saturated carbocycles. The molecule has 1 amide bonds. The normalized spacial score (nSPS) is 21.7. The van der Waals surface area contributed by atoms with Crippen molar-refractivity contribution in [2.75, 3.05) is 18.8 Å². The maximum atomic E-state index is 11.8. The molecule has 0 aliphatic carbocycles. The second-order valence-electron chi connectivity index (χ2n) is 3.75. The molecule has 1 aliphatic rings. The molecule has 1 fully saturated rings. The molecule has 1 unspecified atom stereocenters. The number of nitrogens with one attached hydrogen (secondary N) is 1. The number of hydrogen-bond acceptors (Lipinski definition) is 4. The summed E-state index contributed by atoms with van der Waals surface area (Å²) in [7, 11) is 0. The number of H-pyrrole nitrogens is 1. The van der Waals surface area contributed by atoms with Crippen LogP contribution in [-0.4, -0.2) is 45.3 Å². The van der Waals surface area contributed by atoms with Gasteiger partial charge in [0, 0.05) is 19.2 Å². The van der Waals surface area contributed by atoms with E-state index in [1.807, 2.05) is 0 Å². The van der Waals surface area contributed by atoms with Gasteiger partial charge in [0.1, 0.15) is 11.5 Å². The zero-order valence-corrected chi connectivity index (χ0v) is 8.31. The minimum absolute atomic E-state index is 0.155. The molecular formula is C9H14N4O2. The van der Waals surface area contributed by atoms with Gasteiger partial charge in [-0.2, -0.15) is 5.10 Å². The number of amides is 1. The summed E-state index contributed by atoms with van der Waals surface area (Å²) in [6.07, 6.45) is 1.17. The number of aliphatic hydroxyl groups excluding tert-OH is 1. The van der Waals surface area contributed by atoms with Crippen LogP contribution in [0.5, 0.6) is 0 Å². The van der Waals surface area contributed by atoms with Crippen molar-refractivity contribution in [1.29, 1.82) is 0 Å². The van der Waals surface area contributed by atoms with Crippen LogP contribution in [0.1, 0.15) is 23.3 Å². The summed E-state index contributed by atoms with van der Waals surface area (Å²) in [5, 5.41) is 15.7. The van der Waals surface area contributed by atoms with E-state index in [-0.39, 0.29) is 5.91 Å². The van der Waals surface area contributed by atoms with Gasteiger partial charge >= 0.3 is 0 Å². The standard InChI is InChI=1S/C9H14N4O2/c10-8-4-7(11-12-8)9(15)13-3-1-2-6(14)5-13/h4,6,14H,1-3,5H2,(H3,10,11,12). The SMILES string of the molecule is Nc1cc(C(=O)N2CCCC(O)C2)[nH]n1. The summed E-state index contributed by atoms with van der Waals surface area (Å²) in [5.74, 6) is 0.147. The topological polar surface area (TPSA) is 95.2 Å². The van der Waals surface area contributed by atoms with Gasteiger partial charge in [-0.1, -0.05) is 0 Å². The lowest BCUT2D eigenvalue weighted by atomic mass is 10.1. The highest BCUT2D eigenvalue weighted by Gasteiger charge is 2.23. The summed E-state index contributed by atoms with van der Waals surface area (Å²) in [4.78, 5) is 13.5. The average molecular weight is 210 g/mol. The molecule has 0 radical (unpaired) electrons. The van der Waals surface area contributed by atoms with Gasteiger partial charge in [-0.15, -0.1) is 0 Å². The highest BCUT2D eigenvalue weighted by atomic mass is 16.3. The van der Waals surface area contributed by atoms with Gasteiger partial charge in [-0.25, -0.2) is 0 Å². The fourth-order valence-corrected chi connectivity index (χ4v) is 1.76. The molecule has 0 aromatic carbocycles. The van der Waals surface area contributed by atoms with Gasteiger partial charge in [-0.3, -0.25) is 9.89 Å². The highest BCUT2D eigenvalue weighted by Crippen LogP contribution is 2.13. The monoisotopic (exact) mass is 210 g/mol. The highest BCUT2D eigenvalue weighted by molar-refractivity contribution is 5.93. The van der Waals surface area contributed by atoms with Gasteiger partial charge < -0.3 is 15.7 Å². The van der Waals surface area contributed by atoms with E-state index in [4.69, 9.17) is 5.73 Å². The van der Waals surface area contributed by atoms with E-state index in [0.29, 0.717) is 24.6 Å². The minimum Gasteiger partial charge on any atom is -0.391 e. The van der Waals surface area contributed by atoms with Crippen molar-refractivity contribution in [3.63, 3.8) is 0 Å². The van der Waals surface area contributed by atoms with E-state index in [0.717, 1.165) is 12.8 Å². The predicted molar refractivity (Wildman–Crippen MR) is 54.1 cm³/mol. The maximum Gasteiger partial charge on any atom is 0.272 e. The Morgan fingerprint density at radius 2 is 2.53 bits per heavy atom. The van der Waals surface area contributed by atoms with Crippen LogP contribution in [0, 0.1) is 0 Å². The molecule has 1 atom stereocenters. The third-order valence-electron chi connectivity index (χ3n) is 2.51. The molecule has 1 aliphatic heterocycles. The van der Waals surface area contributed by atoms with Gasteiger partial charge in [0.2, 0.25) is 0 Å². The van der Waals surface area contributed by atoms with Crippen LogP contribution in [0.25, 0.3) is 0 Å². The number of likely N-dealkylation sites (tertiary alicyclic amines) is 1. The number of aromatic amines is 1. The summed E-state index contributed by atoms with van der Waals surface area (Å²) in [6, 6.07) is 1.50. The lowest BCUT2D eigenvalue weighted by Crippen LogP contribution is -2.42. The molecule has 4 N–H and O–H groups in total. The molecule has 6 nitrogen and oxygen atoms in total. The smallest absolute Gasteiger partial charge is 0.272 e. The summed E-state index contributed by atoms with van der Waals surface area (Å²) in [5.41, 5.74) is 5.79. The van der Waals surface area contributed by atoms with Gasteiger partial charge in [0.15, 0.2) is 0 Å². The summed E-state index contributed by atoms with van der Waals surface area (Å²) >= 11 is 0. The van der Waals surface area contributed by atoms with E-state index in [2.05, 4.69) is 10.2 Å². The van der Waals surface area contributed by atoms with Crippen LogP contribution in [0.15, 0.2) is 6.07 Å². The zero-order chi connectivity index (χ0) is 10.8. The number of nitrogen functional groups attached to an aromatic ring is 1. The van der Waals surface area contributed by atoms with Crippen LogP contribution >= 0.6 is 0 Å². The van der Waals surface area contributed by atoms with Gasteiger partial charge in [-0.05, 0) is 12.8 Å². The van der Waals surface area contributed by atoms with E-state index < -0.39 is 6.10 Å². The fraction of sp³-hybridized carbons (Fsp3) is 0.556. The lowest BCUT2D eigenvalue weighted by molar-refractivity contribution is 0.0469. The van der Waals surface area contributed by atoms with Crippen molar-refractivity contribution >= 4 is 11.7 Å². The third-order valence-corrected chi connectivity index (χ3v) is 2.51. The number of anilines is 1. The summed E-state index contributed by atoms with van der Waals surface area (Å²) < 4.78 is 0. The quantitative estimate of drug-likeness (QED) is 0.587. The number of hydrogen-bond donors (Lipinski definition) is 3. The fourth-order valence-electron chi connectivity index (χ4n) is 1.76. The Morgan fingerprint density at radius 3 is 3.13 bits per heavy atom. The van der Waals surface area contributed by atoms with Crippen LogP contribution in [0.3, 0.4) is 0 Å². The Balaban J connectivity index is 2.07. The number of nitrogens with two attached hydrogens (primary N) is 1. The zero-order valence-electron chi connectivity index (χ0n) is 8.31.